The zero-order valence-corrected chi connectivity index (χ0v) is 11.2. The second-order valence-corrected chi connectivity index (χ2v) is 4.19. The zero-order chi connectivity index (χ0) is 15.1. The Labute approximate surface area is 110 Å². The third kappa shape index (κ3) is 6.74. The van der Waals surface area contributed by atoms with Gasteiger partial charge in [0.05, 0.1) is 19.6 Å². The first-order valence-corrected chi connectivity index (χ1v) is 5.76. The van der Waals surface area contributed by atoms with Crippen LogP contribution in [0.2, 0.25) is 0 Å². The van der Waals surface area contributed by atoms with Gasteiger partial charge in [-0.15, -0.1) is 0 Å². The lowest BCUT2D eigenvalue weighted by atomic mass is 10.1. The van der Waals surface area contributed by atoms with Crippen LogP contribution in [0.5, 0.6) is 0 Å². The number of carboxylic acid groups (broad SMARTS) is 1. The van der Waals surface area contributed by atoms with Crippen LogP contribution in [0.1, 0.15) is 13.3 Å². The van der Waals surface area contributed by atoms with E-state index in [1.807, 2.05) is 0 Å². The van der Waals surface area contributed by atoms with Gasteiger partial charge in [-0.1, -0.05) is 0 Å². The third-order valence-corrected chi connectivity index (χ3v) is 2.67. The molecule has 2 unspecified atom stereocenters. The Morgan fingerprint density at radius 3 is 2.26 bits per heavy atom. The van der Waals surface area contributed by atoms with Crippen LogP contribution in [0.3, 0.4) is 0 Å². The highest BCUT2D eigenvalue weighted by Gasteiger charge is 2.46. The normalized spacial score (nSPS) is 15.5. The molecule has 0 fully saturated rings. The molecule has 2 atom stereocenters. The Morgan fingerprint density at radius 1 is 1.32 bits per heavy atom. The number of hydrogen-bond donors (Lipinski definition) is 1. The molecule has 0 rings (SSSR count). The maximum atomic E-state index is 13.0. The summed E-state index contributed by atoms with van der Waals surface area (Å²) < 4.78 is 48.5. The monoisotopic (exact) mass is 287 g/mol. The van der Waals surface area contributed by atoms with Crippen LogP contribution in [0.15, 0.2) is 0 Å². The largest absolute Gasteiger partial charge is 0.481 e. The molecular formula is C11H20F3NO4. The molecule has 19 heavy (non-hydrogen) atoms. The number of carboxylic acids is 1. The Kier molecular flexibility index (Phi) is 7.96. The molecular weight excluding hydrogens is 267 g/mol. The molecule has 0 aliphatic heterocycles. The fraction of sp³-hybridized carbons (Fsp3) is 0.909. The molecule has 0 radical (unpaired) electrons. The van der Waals surface area contributed by atoms with Crippen LogP contribution in [0.25, 0.3) is 0 Å². The van der Waals surface area contributed by atoms with Crippen molar-refractivity contribution in [1.82, 2.24) is 4.90 Å². The first-order chi connectivity index (χ1) is 8.73. The summed E-state index contributed by atoms with van der Waals surface area (Å²) in [5, 5.41) is 8.64. The number of nitrogens with zero attached hydrogens (tertiary/aromatic N) is 1. The van der Waals surface area contributed by atoms with Crippen molar-refractivity contribution >= 4 is 5.97 Å². The van der Waals surface area contributed by atoms with Crippen molar-refractivity contribution in [1.29, 1.82) is 0 Å². The molecule has 0 aromatic carbocycles. The molecule has 0 amide bonds. The van der Waals surface area contributed by atoms with E-state index in [1.54, 1.807) is 6.92 Å². The molecule has 0 heterocycles. The number of hydrogen-bond acceptors (Lipinski definition) is 4. The molecule has 0 saturated carbocycles. The Morgan fingerprint density at radius 2 is 1.89 bits per heavy atom. The van der Waals surface area contributed by atoms with E-state index >= 15 is 0 Å². The Hall–Kier alpha value is -0.860. The predicted octanol–water partition coefficient (Wildman–Crippen LogP) is 1.38. The van der Waals surface area contributed by atoms with Gasteiger partial charge in [0.15, 0.2) is 0 Å². The molecule has 0 saturated heterocycles. The van der Waals surface area contributed by atoms with Gasteiger partial charge in [0, 0.05) is 26.8 Å². The fourth-order valence-electron chi connectivity index (χ4n) is 1.80. The van der Waals surface area contributed by atoms with Crippen molar-refractivity contribution in [2.75, 3.05) is 34.0 Å². The SMILES string of the molecule is COCCN(C(C)COC)C(CC(=O)O)C(F)(F)F. The van der Waals surface area contributed by atoms with E-state index in [1.165, 1.54) is 14.2 Å². The van der Waals surface area contributed by atoms with Gasteiger partial charge in [0.2, 0.25) is 0 Å². The van der Waals surface area contributed by atoms with Crippen LogP contribution in [0, 0.1) is 0 Å². The number of rotatable bonds is 9. The molecule has 0 spiro atoms. The minimum absolute atomic E-state index is 0.0154. The summed E-state index contributed by atoms with van der Waals surface area (Å²) >= 11 is 0. The highest BCUT2D eigenvalue weighted by Crippen LogP contribution is 2.28. The van der Waals surface area contributed by atoms with E-state index in [9.17, 15) is 18.0 Å². The van der Waals surface area contributed by atoms with Gasteiger partial charge in [0.25, 0.3) is 0 Å². The standard InChI is InChI=1S/C11H20F3NO4/c1-8(7-19-3)15(4-5-18-2)9(6-10(16)17)11(12,13)14/h8-9H,4-7H2,1-3H3,(H,16,17). The van der Waals surface area contributed by atoms with Crippen molar-refractivity contribution in [2.45, 2.75) is 31.6 Å². The number of alkyl halides is 3. The zero-order valence-electron chi connectivity index (χ0n) is 11.2. The summed E-state index contributed by atoms with van der Waals surface area (Å²) in [6.45, 7) is 1.70. The number of halogens is 3. The maximum absolute atomic E-state index is 13.0. The molecule has 114 valence electrons. The fourth-order valence-corrected chi connectivity index (χ4v) is 1.80. The second-order valence-electron chi connectivity index (χ2n) is 4.19. The lowest BCUT2D eigenvalue weighted by Crippen LogP contribution is -2.53. The topological polar surface area (TPSA) is 59.0 Å². The molecule has 0 aromatic heterocycles. The molecule has 5 nitrogen and oxygen atoms in total. The van der Waals surface area contributed by atoms with E-state index in [0.29, 0.717) is 0 Å². The summed E-state index contributed by atoms with van der Waals surface area (Å²) in [5.74, 6) is -1.49. The minimum atomic E-state index is -4.62. The molecule has 0 aromatic rings. The van der Waals surface area contributed by atoms with Gasteiger partial charge < -0.3 is 14.6 Å². The lowest BCUT2D eigenvalue weighted by molar-refractivity contribution is -0.198. The second kappa shape index (κ2) is 8.34. The first kappa shape index (κ1) is 18.1. The van der Waals surface area contributed by atoms with Crippen LogP contribution in [0.4, 0.5) is 13.2 Å². The van der Waals surface area contributed by atoms with Crippen molar-refractivity contribution in [3.05, 3.63) is 0 Å². The van der Waals surface area contributed by atoms with Crippen LogP contribution in [-0.4, -0.2) is 68.2 Å². The average Bonchev–Trinajstić information content (AvgIpc) is 2.26. The number of carbonyl (C=O) groups is 1. The van der Waals surface area contributed by atoms with Gasteiger partial charge in [-0.3, -0.25) is 9.69 Å². The molecule has 1 N–H and O–H groups in total. The van der Waals surface area contributed by atoms with Crippen molar-refractivity contribution in [3.8, 4) is 0 Å². The van der Waals surface area contributed by atoms with Crippen LogP contribution < -0.4 is 0 Å². The smallest absolute Gasteiger partial charge is 0.404 e. The third-order valence-electron chi connectivity index (χ3n) is 2.67. The summed E-state index contributed by atoms with van der Waals surface area (Å²) in [5.41, 5.74) is 0. The number of methoxy groups -OCH3 is 2. The predicted molar refractivity (Wildman–Crippen MR) is 62.0 cm³/mol. The summed E-state index contributed by atoms with van der Waals surface area (Å²) in [4.78, 5) is 11.7. The molecule has 0 aliphatic carbocycles. The van der Waals surface area contributed by atoms with Crippen molar-refractivity contribution in [2.24, 2.45) is 0 Å². The first-order valence-electron chi connectivity index (χ1n) is 5.76. The van der Waals surface area contributed by atoms with E-state index < -0.39 is 30.7 Å². The highest BCUT2D eigenvalue weighted by atomic mass is 19.4. The molecule has 0 aliphatic rings. The quantitative estimate of drug-likeness (QED) is 0.694. The summed E-state index contributed by atoms with van der Waals surface area (Å²) in [6.07, 6.45) is -5.62. The van der Waals surface area contributed by atoms with Crippen LogP contribution in [-0.2, 0) is 14.3 Å². The van der Waals surface area contributed by atoms with Gasteiger partial charge in [0.1, 0.15) is 6.04 Å². The highest BCUT2D eigenvalue weighted by molar-refractivity contribution is 5.67. The molecule has 8 heteroatoms. The van der Waals surface area contributed by atoms with Gasteiger partial charge in [-0.05, 0) is 6.92 Å². The summed E-state index contributed by atoms with van der Waals surface area (Å²) in [6, 6.07) is -2.61. The van der Waals surface area contributed by atoms with Crippen LogP contribution >= 0.6 is 0 Å². The van der Waals surface area contributed by atoms with Crippen molar-refractivity contribution in [3.63, 3.8) is 0 Å². The van der Waals surface area contributed by atoms with E-state index in [-0.39, 0.29) is 19.8 Å². The Bertz CT molecular complexity index is 273. The summed E-state index contributed by atoms with van der Waals surface area (Å²) in [7, 11) is 2.75. The maximum Gasteiger partial charge on any atom is 0.404 e. The average molecular weight is 287 g/mol. The lowest BCUT2D eigenvalue weighted by Gasteiger charge is -2.36. The van der Waals surface area contributed by atoms with Gasteiger partial charge in [-0.25, -0.2) is 0 Å². The molecule has 0 bridgehead atoms. The number of ether oxygens (including phenoxy) is 2. The van der Waals surface area contributed by atoms with E-state index in [4.69, 9.17) is 14.6 Å². The van der Waals surface area contributed by atoms with Gasteiger partial charge in [-0.2, -0.15) is 13.2 Å². The van der Waals surface area contributed by atoms with E-state index in [0.717, 1.165) is 4.90 Å². The Balaban J connectivity index is 5.04. The number of aliphatic carboxylic acids is 1. The van der Waals surface area contributed by atoms with Gasteiger partial charge >= 0.3 is 12.1 Å². The van der Waals surface area contributed by atoms with E-state index in [2.05, 4.69) is 0 Å². The minimum Gasteiger partial charge on any atom is -0.481 e. The van der Waals surface area contributed by atoms with Crippen molar-refractivity contribution < 1.29 is 32.5 Å².